The van der Waals surface area contributed by atoms with Crippen molar-refractivity contribution < 1.29 is 13.9 Å². The summed E-state index contributed by atoms with van der Waals surface area (Å²) in [6, 6.07) is 8.81. The van der Waals surface area contributed by atoms with E-state index >= 15 is 0 Å². The van der Waals surface area contributed by atoms with Crippen LogP contribution in [0.1, 0.15) is 16.7 Å². The largest absolute Gasteiger partial charge is 0.493 e. The van der Waals surface area contributed by atoms with Gasteiger partial charge < -0.3 is 9.47 Å². The average molecular weight is 293 g/mol. The van der Waals surface area contributed by atoms with Crippen LogP contribution in [0.2, 0.25) is 5.02 Å². The monoisotopic (exact) mass is 292 g/mol. The van der Waals surface area contributed by atoms with Crippen LogP contribution in [0.4, 0.5) is 4.39 Å². The third-order valence-electron chi connectivity index (χ3n) is 3.36. The minimum Gasteiger partial charge on any atom is -0.493 e. The Bertz CT molecular complexity index is 655. The maximum absolute atomic E-state index is 13.9. The molecule has 0 unspecified atom stereocenters. The molecule has 1 aliphatic rings. The average Bonchev–Trinajstić information content (AvgIpc) is 2.88. The first kappa shape index (κ1) is 13.3. The van der Waals surface area contributed by atoms with Gasteiger partial charge >= 0.3 is 0 Å². The van der Waals surface area contributed by atoms with E-state index in [2.05, 4.69) is 0 Å². The second kappa shape index (κ2) is 5.33. The summed E-state index contributed by atoms with van der Waals surface area (Å²) >= 11 is 6.08. The van der Waals surface area contributed by atoms with Gasteiger partial charge in [-0.25, -0.2) is 4.39 Å². The molecule has 0 radical (unpaired) electrons. The normalized spacial score (nSPS) is 12.9. The fraction of sp³-hybridized carbons (Fsp3) is 0.250. The van der Waals surface area contributed by atoms with Crippen LogP contribution in [0.15, 0.2) is 30.3 Å². The van der Waals surface area contributed by atoms with E-state index in [4.69, 9.17) is 21.1 Å². The van der Waals surface area contributed by atoms with Crippen molar-refractivity contribution in [3.8, 4) is 11.5 Å². The lowest BCUT2D eigenvalue weighted by molar-refractivity contribution is 0.279. The number of fused-ring (bicyclic) bond motifs is 1. The van der Waals surface area contributed by atoms with E-state index in [-0.39, 0.29) is 18.2 Å². The molecule has 0 saturated heterocycles. The molecule has 0 saturated carbocycles. The van der Waals surface area contributed by atoms with Crippen molar-refractivity contribution in [1.29, 1.82) is 0 Å². The van der Waals surface area contributed by atoms with Crippen LogP contribution in [0.3, 0.4) is 0 Å². The van der Waals surface area contributed by atoms with E-state index in [0.29, 0.717) is 17.2 Å². The van der Waals surface area contributed by atoms with Crippen molar-refractivity contribution in [3.63, 3.8) is 0 Å². The SMILES string of the molecule is Cc1cccc(OCc2cc(Cl)cc3c2OCC3)c1F. The zero-order valence-electron chi connectivity index (χ0n) is 11.1. The van der Waals surface area contributed by atoms with Crippen molar-refractivity contribution in [1.82, 2.24) is 0 Å². The maximum atomic E-state index is 13.9. The highest BCUT2D eigenvalue weighted by atomic mass is 35.5. The summed E-state index contributed by atoms with van der Waals surface area (Å²) < 4.78 is 25.0. The maximum Gasteiger partial charge on any atom is 0.167 e. The summed E-state index contributed by atoms with van der Waals surface area (Å²) in [5.74, 6) is 0.742. The van der Waals surface area contributed by atoms with Crippen molar-refractivity contribution in [2.75, 3.05) is 6.61 Å². The summed E-state index contributed by atoms with van der Waals surface area (Å²) in [6.45, 7) is 2.60. The van der Waals surface area contributed by atoms with Gasteiger partial charge in [0.2, 0.25) is 0 Å². The summed E-state index contributed by atoms with van der Waals surface area (Å²) in [6.07, 6.45) is 0.849. The molecule has 0 amide bonds. The molecule has 104 valence electrons. The van der Waals surface area contributed by atoms with Crippen LogP contribution in [-0.4, -0.2) is 6.61 Å². The van der Waals surface area contributed by atoms with Crippen molar-refractivity contribution >= 4 is 11.6 Å². The lowest BCUT2D eigenvalue weighted by atomic mass is 10.1. The number of benzene rings is 2. The van der Waals surface area contributed by atoms with Gasteiger partial charge in [0.1, 0.15) is 12.4 Å². The lowest BCUT2D eigenvalue weighted by Gasteiger charge is -2.12. The highest BCUT2D eigenvalue weighted by molar-refractivity contribution is 6.30. The fourth-order valence-corrected chi connectivity index (χ4v) is 2.60. The Balaban J connectivity index is 1.84. The van der Waals surface area contributed by atoms with Gasteiger partial charge in [0.05, 0.1) is 6.61 Å². The Morgan fingerprint density at radius 3 is 3.05 bits per heavy atom. The van der Waals surface area contributed by atoms with Crippen LogP contribution in [-0.2, 0) is 13.0 Å². The highest BCUT2D eigenvalue weighted by Crippen LogP contribution is 2.33. The molecule has 2 nitrogen and oxygen atoms in total. The van der Waals surface area contributed by atoms with E-state index in [0.717, 1.165) is 23.3 Å². The molecule has 0 N–H and O–H groups in total. The van der Waals surface area contributed by atoms with E-state index in [1.54, 1.807) is 31.2 Å². The van der Waals surface area contributed by atoms with E-state index in [1.807, 2.05) is 6.07 Å². The second-order valence-electron chi connectivity index (χ2n) is 4.83. The van der Waals surface area contributed by atoms with Crippen molar-refractivity contribution in [3.05, 3.63) is 57.9 Å². The Kier molecular flexibility index (Phi) is 3.53. The van der Waals surface area contributed by atoms with Crippen LogP contribution in [0.25, 0.3) is 0 Å². The smallest absolute Gasteiger partial charge is 0.167 e. The van der Waals surface area contributed by atoms with Gasteiger partial charge in [0, 0.05) is 17.0 Å². The molecular formula is C16H14ClFO2. The first-order chi connectivity index (χ1) is 9.65. The predicted molar refractivity (Wildman–Crippen MR) is 76.1 cm³/mol. The van der Waals surface area contributed by atoms with Crippen LogP contribution in [0, 0.1) is 12.7 Å². The molecule has 0 fully saturated rings. The number of hydrogen-bond acceptors (Lipinski definition) is 2. The van der Waals surface area contributed by atoms with Gasteiger partial charge in [0.25, 0.3) is 0 Å². The summed E-state index contributed by atoms with van der Waals surface area (Å²) in [5.41, 5.74) is 2.50. The number of ether oxygens (including phenoxy) is 2. The van der Waals surface area contributed by atoms with E-state index in [9.17, 15) is 4.39 Å². The molecule has 0 aromatic heterocycles. The third kappa shape index (κ3) is 2.46. The minimum absolute atomic E-state index is 0.239. The van der Waals surface area contributed by atoms with Gasteiger partial charge in [-0.3, -0.25) is 0 Å². The molecule has 2 aromatic rings. The molecule has 0 bridgehead atoms. The van der Waals surface area contributed by atoms with Gasteiger partial charge in [-0.1, -0.05) is 23.7 Å². The topological polar surface area (TPSA) is 18.5 Å². The quantitative estimate of drug-likeness (QED) is 0.839. The molecule has 4 heteroatoms. The van der Waals surface area contributed by atoms with Crippen molar-refractivity contribution in [2.24, 2.45) is 0 Å². The first-order valence-corrected chi connectivity index (χ1v) is 6.85. The van der Waals surface area contributed by atoms with Gasteiger partial charge in [-0.2, -0.15) is 0 Å². The summed E-state index contributed by atoms with van der Waals surface area (Å²) in [7, 11) is 0. The van der Waals surface area contributed by atoms with Crippen LogP contribution in [0.5, 0.6) is 11.5 Å². The molecule has 0 aliphatic carbocycles. The predicted octanol–water partition coefficient (Wildman–Crippen LogP) is 4.30. The number of rotatable bonds is 3. The van der Waals surface area contributed by atoms with Gasteiger partial charge in [0.15, 0.2) is 11.6 Å². The Morgan fingerprint density at radius 1 is 1.35 bits per heavy atom. The van der Waals surface area contributed by atoms with Crippen molar-refractivity contribution in [2.45, 2.75) is 20.0 Å². The number of aryl methyl sites for hydroxylation is 1. The minimum atomic E-state index is -0.327. The molecule has 3 rings (SSSR count). The van der Waals surface area contributed by atoms with E-state index in [1.165, 1.54) is 0 Å². The molecule has 1 aliphatic heterocycles. The Labute approximate surface area is 122 Å². The molecule has 1 heterocycles. The standard InChI is InChI=1S/C16H14ClFO2/c1-10-3-2-4-14(15(10)18)20-9-12-8-13(17)7-11-5-6-19-16(11)12/h2-4,7-8H,5-6,9H2,1H3. The molecule has 20 heavy (non-hydrogen) atoms. The van der Waals surface area contributed by atoms with E-state index < -0.39 is 0 Å². The van der Waals surface area contributed by atoms with Gasteiger partial charge in [-0.15, -0.1) is 0 Å². The highest BCUT2D eigenvalue weighted by Gasteiger charge is 2.18. The fourth-order valence-electron chi connectivity index (χ4n) is 2.34. The number of halogens is 2. The van der Waals surface area contributed by atoms with Gasteiger partial charge in [-0.05, 0) is 36.2 Å². The molecule has 2 aromatic carbocycles. The molecule has 0 atom stereocenters. The molecule has 0 spiro atoms. The molecular weight excluding hydrogens is 279 g/mol. The zero-order chi connectivity index (χ0) is 14.1. The summed E-state index contributed by atoms with van der Waals surface area (Å²) in [5, 5.41) is 0.651. The second-order valence-corrected chi connectivity index (χ2v) is 5.26. The zero-order valence-corrected chi connectivity index (χ0v) is 11.8. The Hall–Kier alpha value is -1.74. The summed E-state index contributed by atoms with van der Waals surface area (Å²) in [4.78, 5) is 0. The lowest BCUT2D eigenvalue weighted by Crippen LogP contribution is -2.00. The third-order valence-corrected chi connectivity index (χ3v) is 3.58. The first-order valence-electron chi connectivity index (χ1n) is 6.47. The Morgan fingerprint density at radius 2 is 2.20 bits per heavy atom. The number of hydrogen-bond donors (Lipinski definition) is 0. The van der Waals surface area contributed by atoms with Crippen LogP contribution < -0.4 is 9.47 Å². The van der Waals surface area contributed by atoms with Crippen LogP contribution >= 0.6 is 11.6 Å².